The van der Waals surface area contributed by atoms with E-state index in [4.69, 9.17) is 0 Å². The average Bonchev–Trinajstić information content (AvgIpc) is 2.12. The molecule has 0 radical (unpaired) electrons. The molecule has 1 saturated heterocycles. The highest BCUT2D eigenvalue weighted by Crippen LogP contribution is 2.39. The van der Waals surface area contributed by atoms with Gasteiger partial charge in [-0.1, -0.05) is 12.8 Å². The fourth-order valence-electron chi connectivity index (χ4n) is 2.91. The summed E-state index contributed by atoms with van der Waals surface area (Å²) in [7, 11) is 0. The van der Waals surface area contributed by atoms with Gasteiger partial charge in [-0.25, -0.2) is 0 Å². The highest BCUT2D eigenvalue weighted by molar-refractivity contribution is 4.90. The Balaban J connectivity index is 2.04. The van der Waals surface area contributed by atoms with Crippen molar-refractivity contribution < 1.29 is 10.4 Å². The van der Waals surface area contributed by atoms with E-state index in [1.54, 1.807) is 0 Å². The summed E-state index contributed by atoms with van der Waals surface area (Å²) in [6.45, 7) is 2.45. The molecule has 2 heteroatoms. The predicted molar refractivity (Wildman–Crippen MR) is 47.8 cm³/mol. The number of aliphatic hydroxyl groups is 1. The van der Waals surface area contributed by atoms with Crippen molar-refractivity contribution in [2.75, 3.05) is 13.1 Å². The number of hydrogen-bond donors (Lipinski definition) is 2. The van der Waals surface area contributed by atoms with Crippen molar-refractivity contribution in [3.63, 3.8) is 0 Å². The van der Waals surface area contributed by atoms with E-state index < -0.39 is 0 Å². The van der Waals surface area contributed by atoms with Crippen LogP contribution in [0.4, 0.5) is 0 Å². The van der Waals surface area contributed by atoms with Gasteiger partial charge in [0.05, 0.1) is 19.2 Å². The Morgan fingerprint density at radius 3 is 2.67 bits per heavy atom. The molecule has 1 spiro atoms. The van der Waals surface area contributed by atoms with E-state index in [1.807, 2.05) is 0 Å². The number of rotatable bonds is 0. The van der Waals surface area contributed by atoms with Crippen molar-refractivity contribution in [1.29, 1.82) is 0 Å². The molecule has 3 N–H and O–H groups in total. The summed E-state index contributed by atoms with van der Waals surface area (Å²) in [6, 6.07) is 0. The van der Waals surface area contributed by atoms with Gasteiger partial charge in [-0.15, -0.1) is 0 Å². The topological polar surface area (TPSA) is 36.8 Å². The Labute approximate surface area is 74.4 Å². The second-order valence-electron chi connectivity index (χ2n) is 4.51. The minimum atomic E-state index is 0.00259. The van der Waals surface area contributed by atoms with Crippen LogP contribution in [0.5, 0.6) is 0 Å². The molecular formula is C10H20NO+. The van der Waals surface area contributed by atoms with Crippen molar-refractivity contribution in [3.05, 3.63) is 0 Å². The van der Waals surface area contributed by atoms with Crippen LogP contribution >= 0.6 is 0 Å². The maximum Gasteiger partial charge on any atom is 0.0837 e. The van der Waals surface area contributed by atoms with Crippen LogP contribution in [0.1, 0.15) is 38.5 Å². The standard InChI is InChI=1S/C10H19NO/c12-9-4-1-2-5-10(9)6-3-7-11-8-10/h9,11-12H,1-8H2/p+1. The van der Waals surface area contributed by atoms with Gasteiger partial charge in [-0.2, -0.15) is 0 Å². The van der Waals surface area contributed by atoms with Crippen molar-refractivity contribution in [1.82, 2.24) is 0 Å². The summed E-state index contributed by atoms with van der Waals surface area (Å²) >= 11 is 0. The third kappa shape index (κ3) is 1.38. The number of hydrogen-bond acceptors (Lipinski definition) is 1. The first-order chi connectivity index (χ1) is 5.83. The third-order valence-electron chi connectivity index (χ3n) is 3.74. The molecule has 12 heavy (non-hydrogen) atoms. The Morgan fingerprint density at radius 1 is 1.17 bits per heavy atom. The van der Waals surface area contributed by atoms with Crippen LogP contribution in [0.3, 0.4) is 0 Å². The number of nitrogens with two attached hydrogens (primary N) is 1. The molecule has 1 aliphatic carbocycles. The van der Waals surface area contributed by atoms with Gasteiger partial charge in [0, 0.05) is 5.41 Å². The molecule has 0 amide bonds. The third-order valence-corrected chi connectivity index (χ3v) is 3.74. The molecule has 70 valence electrons. The smallest absolute Gasteiger partial charge is 0.0837 e. The lowest BCUT2D eigenvalue weighted by atomic mass is 9.68. The number of aliphatic hydroxyl groups excluding tert-OH is 1. The zero-order valence-corrected chi connectivity index (χ0v) is 7.76. The van der Waals surface area contributed by atoms with Crippen molar-refractivity contribution in [2.24, 2.45) is 5.41 Å². The van der Waals surface area contributed by atoms with Crippen molar-refractivity contribution in [2.45, 2.75) is 44.6 Å². The summed E-state index contributed by atoms with van der Waals surface area (Å²) in [5.41, 5.74) is 0.316. The van der Waals surface area contributed by atoms with Gasteiger partial charge in [0.25, 0.3) is 0 Å². The minimum Gasteiger partial charge on any atom is -0.392 e. The molecule has 0 aromatic heterocycles. The highest BCUT2D eigenvalue weighted by Gasteiger charge is 2.42. The molecule has 2 fully saturated rings. The molecule has 2 aliphatic rings. The van der Waals surface area contributed by atoms with Gasteiger partial charge in [-0.05, 0) is 25.7 Å². The normalized spacial score (nSPS) is 43.2. The fourth-order valence-corrected chi connectivity index (χ4v) is 2.91. The van der Waals surface area contributed by atoms with E-state index in [9.17, 15) is 5.11 Å². The first kappa shape index (κ1) is 8.52. The van der Waals surface area contributed by atoms with Crippen LogP contribution < -0.4 is 5.32 Å². The first-order valence-electron chi connectivity index (χ1n) is 5.33. The molecule has 0 aromatic carbocycles. The number of quaternary nitrogens is 1. The van der Waals surface area contributed by atoms with E-state index in [0.29, 0.717) is 5.41 Å². The van der Waals surface area contributed by atoms with Crippen molar-refractivity contribution >= 4 is 0 Å². The van der Waals surface area contributed by atoms with Gasteiger partial charge in [0.1, 0.15) is 0 Å². The lowest BCUT2D eigenvalue weighted by Crippen LogP contribution is -2.90. The van der Waals surface area contributed by atoms with Crippen LogP contribution in [0, 0.1) is 5.41 Å². The molecular weight excluding hydrogens is 150 g/mol. The van der Waals surface area contributed by atoms with Gasteiger partial charge in [-0.3, -0.25) is 0 Å². The van der Waals surface area contributed by atoms with Crippen LogP contribution in [-0.4, -0.2) is 24.3 Å². The second kappa shape index (κ2) is 3.35. The largest absolute Gasteiger partial charge is 0.392 e. The molecule has 2 rings (SSSR count). The van der Waals surface area contributed by atoms with Crippen LogP contribution in [0.15, 0.2) is 0 Å². The zero-order valence-electron chi connectivity index (χ0n) is 7.76. The Morgan fingerprint density at radius 2 is 2.00 bits per heavy atom. The maximum absolute atomic E-state index is 9.96. The fraction of sp³-hybridized carbons (Fsp3) is 1.00. The molecule has 0 bridgehead atoms. The highest BCUT2D eigenvalue weighted by atomic mass is 16.3. The maximum atomic E-state index is 9.96. The number of piperidine rings is 1. The summed E-state index contributed by atoms with van der Waals surface area (Å²) < 4.78 is 0. The summed E-state index contributed by atoms with van der Waals surface area (Å²) in [5, 5.41) is 12.4. The van der Waals surface area contributed by atoms with E-state index in [1.165, 1.54) is 45.2 Å². The van der Waals surface area contributed by atoms with Gasteiger partial charge in [0.2, 0.25) is 0 Å². The molecule has 2 unspecified atom stereocenters. The zero-order chi connectivity index (χ0) is 8.44. The Bertz CT molecular complexity index is 144. The van der Waals surface area contributed by atoms with Crippen molar-refractivity contribution in [3.8, 4) is 0 Å². The lowest BCUT2D eigenvalue weighted by Gasteiger charge is -2.42. The van der Waals surface area contributed by atoms with Crippen LogP contribution in [-0.2, 0) is 0 Å². The monoisotopic (exact) mass is 170 g/mol. The molecule has 1 saturated carbocycles. The van der Waals surface area contributed by atoms with E-state index in [-0.39, 0.29) is 6.10 Å². The molecule has 2 nitrogen and oxygen atoms in total. The van der Waals surface area contributed by atoms with E-state index >= 15 is 0 Å². The lowest BCUT2D eigenvalue weighted by molar-refractivity contribution is -0.679. The second-order valence-corrected chi connectivity index (χ2v) is 4.51. The Hall–Kier alpha value is -0.0800. The summed E-state index contributed by atoms with van der Waals surface area (Å²) in [6.07, 6.45) is 7.47. The van der Waals surface area contributed by atoms with Gasteiger partial charge in [0.15, 0.2) is 0 Å². The van der Waals surface area contributed by atoms with Crippen LogP contribution in [0.2, 0.25) is 0 Å². The molecule has 1 heterocycles. The quantitative estimate of drug-likeness (QED) is 0.538. The molecule has 0 aromatic rings. The summed E-state index contributed by atoms with van der Waals surface area (Å²) in [4.78, 5) is 0. The first-order valence-corrected chi connectivity index (χ1v) is 5.33. The van der Waals surface area contributed by atoms with Gasteiger partial charge < -0.3 is 10.4 Å². The minimum absolute atomic E-state index is 0.00259. The van der Waals surface area contributed by atoms with E-state index in [0.717, 1.165) is 6.42 Å². The van der Waals surface area contributed by atoms with Gasteiger partial charge >= 0.3 is 0 Å². The average molecular weight is 170 g/mol. The van der Waals surface area contributed by atoms with E-state index in [2.05, 4.69) is 5.32 Å². The molecule has 2 atom stereocenters. The molecule has 1 aliphatic heterocycles. The van der Waals surface area contributed by atoms with Crippen LogP contribution in [0.25, 0.3) is 0 Å². The predicted octanol–water partition coefficient (Wildman–Crippen LogP) is 0.265. The SMILES string of the molecule is OC1CCCCC12CCC[NH2+]C2. The summed E-state index contributed by atoms with van der Waals surface area (Å²) in [5.74, 6) is 0. The Kier molecular flexibility index (Phi) is 2.37.